The van der Waals surface area contributed by atoms with E-state index in [9.17, 15) is 0 Å². The van der Waals surface area contributed by atoms with Gasteiger partial charge in [0.15, 0.2) is 0 Å². The number of nitrogens with one attached hydrogen (secondary N) is 2. The molecule has 2 aliphatic heterocycles. The van der Waals surface area contributed by atoms with E-state index in [1.165, 1.54) is 51.9 Å². The van der Waals surface area contributed by atoms with E-state index in [4.69, 9.17) is 0 Å². The fraction of sp³-hybridized carbons (Fsp3) is 1.00. The van der Waals surface area contributed by atoms with Crippen LogP contribution in [0.25, 0.3) is 0 Å². The van der Waals surface area contributed by atoms with Gasteiger partial charge in [0.1, 0.15) is 0 Å². The van der Waals surface area contributed by atoms with Crippen molar-refractivity contribution in [2.75, 3.05) is 26.2 Å². The number of hydrogen-bond acceptors (Lipinski definition) is 2. The minimum absolute atomic E-state index is 0.994. The lowest BCUT2D eigenvalue weighted by atomic mass is 9.87. The average molecular weight is 168 g/mol. The highest BCUT2D eigenvalue weighted by Gasteiger charge is 2.20. The third-order valence-corrected chi connectivity index (χ3v) is 3.29. The van der Waals surface area contributed by atoms with Gasteiger partial charge in [-0.25, -0.2) is 0 Å². The van der Waals surface area contributed by atoms with E-state index in [1.54, 1.807) is 0 Å². The van der Waals surface area contributed by atoms with Gasteiger partial charge in [0.2, 0.25) is 0 Å². The lowest BCUT2D eigenvalue weighted by Gasteiger charge is -2.24. The Kier molecular flexibility index (Phi) is 3.01. The van der Waals surface area contributed by atoms with Gasteiger partial charge in [0, 0.05) is 0 Å². The van der Waals surface area contributed by atoms with Crippen LogP contribution < -0.4 is 10.6 Å². The summed E-state index contributed by atoms with van der Waals surface area (Å²) in [4.78, 5) is 0. The molecule has 0 aromatic carbocycles. The average Bonchev–Trinajstić information content (AvgIpc) is 2.59. The molecule has 2 nitrogen and oxygen atoms in total. The van der Waals surface area contributed by atoms with Crippen LogP contribution in [-0.2, 0) is 0 Å². The zero-order valence-corrected chi connectivity index (χ0v) is 7.81. The minimum Gasteiger partial charge on any atom is -0.317 e. The molecule has 2 aliphatic rings. The van der Waals surface area contributed by atoms with Gasteiger partial charge >= 0.3 is 0 Å². The van der Waals surface area contributed by atoms with Crippen LogP contribution in [0, 0.1) is 11.8 Å². The van der Waals surface area contributed by atoms with Gasteiger partial charge in [0.25, 0.3) is 0 Å². The Morgan fingerprint density at radius 3 is 2.17 bits per heavy atom. The summed E-state index contributed by atoms with van der Waals surface area (Å²) >= 11 is 0. The highest BCUT2D eigenvalue weighted by molar-refractivity contribution is 4.77. The van der Waals surface area contributed by atoms with Crippen molar-refractivity contribution in [3.63, 3.8) is 0 Å². The van der Waals surface area contributed by atoms with Crippen molar-refractivity contribution >= 4 is 0 Å². The van der Waals surface area contributed by atoms with E-state index in [2.05, 4.69) is 10.6 Å². The first kappa shape index (κ1) is 8.52. The Labute approximate surface area is 75.1 Å². The van der Waals surface area contributed by atoms with E-state index < -0.39 is 0 Å². The normalized spacial score (nSPS) is 32.5. The Hall–Kier alpha value is -0.0800. The van der Waals surface area contributed by atoms with Crippen LogP contribution in [0.2, 0.25) is 0 Å². The maximum Gasteiger partial charge on any atom is -0.00199 e. The standard InChI is InChI=1S/C10H20N2/c1-4-11-5-2-9(1)7-10-3-6-12-8-10/h9-12H,1-8H2/t10-/m1/s1. The number of rotatable bonds is 2. The van der Waals surface area contributed by atoms with Crippen LogP contribution >= 0.6 is 0 Å². The smallest absolute Gasteiger partial charge is 0.00199 e. The third kappa shape index (κ3) is 2.20. The molecular weight excluding hydrogens is 148 g/mol. The summed E-state index contributed by atoms with van der Waals surface area (Å²) in [7, 11) is 0. The van der Waals surface area contributed by atoms with Crippen molar-refractivity contribution in [3.8, 4) is 0 Å². The molecule has 0 bridgehead atoms. The molecule has 12 heavy (non-hydrogen) atoms. The fourth-order valence-corrected chi connectivity index (χ4v) is 2.50. The molecule has 0 spiro atoms. The van der Waals surface area contributed by atoms with Gasteiger partial charge in [-0.15, -0.1) is 0 Å². The van der Waals surface area contributed by atoms with Gasteiger partial charge in [-0.05, 0) is 63.7 Å². The quantitative estimate of drug-likeness (QED) is 0.642. The molecule has 2 saturated heterocycles. The van der Waals surface area contributed by atoms with E-state index >= 15 is 0 Å². The molecule has 0 aromatic rings. The highest BCUT2D eigenvalue weighted by Crippen LogP contribution is 2.24. The first-order chi connectivity index (χ1) is 5.95. The van der Waals surface area contributed by atoms with E-state index in [1.807, 2.05) is 0 Å². The molecular formula is C10H20N2. The van der Waals surface area contributed by atoms with E-state index in [0.717, 1.165) is 11.8 Å². The van der Waals surface area contributed by atoms with Gasteiger partial charge in [-0.2, -0.15) is 0 Å². The largest absolute Gasteiger partial charge is 0.317 e. The predicted octanol–water partition coefficient (Wildman–Crippen LogP) is 0.986. The molecule has 2 fully saturated rings. The molecule has 1 atom stereocenters. The first-order valence-corrected chi connectivity index (χ1v) is 5.36. The van der Waals surface area contributed by atoms with Crippen LogP contribution in [0.4, 0.5) is 0 Å². The summed E-state index contributed by atoms with van der Waals surface area (Å²) in [5.74, 6) is 2.02. The molecule has 2 rings (SSSR count). The Morgan fingerprint density at radius 2 is 1.50 bits per heavy atom. The molecule has 70 valence electrons. The van der Waals surface area contributed by atoms with Crippen LogP contribution in [0.15, 0.2) is 0 Å². The van der Waals surface area contributed by atoms with Crippen molar-refractivity contribution in [1.29, 1.82) is 0 Å². The molecule has 0 aromatic heterocycles. The lowest BCUT2D eigenvalue weighted by Crippen LogP contribution is -2.29. The van der Waals surface area contributed by atoms with Gasteiger partial charge in [0.05, 0.1) is 0 Å². The van der Waals surface area contributed by atoms with E-state index in [0.29, 0.717) is 0 Å². The monoisotopic (exact) mass is 168 g/mol. The molecule has 2 heteroatoms. The zero-order chi connectivity index (χ0) is 8.23. The van der Waals surface area contributed by atoms with Crippen molar-refractivity contribution < 1.29 is 0 Å². The van der Waals surface area contributed by atoms with Crippen LogP contribution in [0.5, 0.6) is 0 Å². The van der Waals surface area contributed by atoms with Crippen molar-refractivity contribution in [2.45, 2.75) is 25.7 Å². The summed E-state index contributed by atoms with van der Waals surface area (Å²) < 4.78 is 0. The van der Waals surface area contributed by atoms with Gasteiger partial charge < -0.3 is 10.6 Å². The molecule has 2 N–H and O–H groups in total. The summed E-state index contributed by atoms with van der Waals surface area (Å²) in [6, 6.07) is 0. The SMILES string of the molecule is C1CC(C[C@H]2CCNC2)CCN1. The van der Waals surface area contributed by atoms with Crippen LogP contribution in [0.1, 0.15) is 25.7 Å². The minimum atomic E-state index is 0.994. The molecule has 0 amide bonds. The summed E-state index contributed by atoms with van der Waals surface area (Å²) in [5, 5.41) is 6.87. The second-order valence-electron chi connectivity index (χ2n) is 4.29. The van der Waals surface area contributed by atoms with Crippen LogP contribution in [-0.4, -0.2) is 26.2 Å². The first-order valence-electron chi connectivity index (χ1n) is 5.36. The predicted molar refractivity (Wildman–Crippen MR) is 51.2 cm³/mol. The molecule has 0 saturated carbocycles. The Bertz CT molecular complexity index is 124. The van der Waals surface area contributed by atoms with E-state index in [-0.39, 0.29) is 0 Å². The number of piperidine rings is 1. The Morgan fingerprint density at radius 1 is 0.833 bits per heavy atom. The molecule has 0 unspecified atom stereocenters. The fourth-order valence-electron chi connectivity index (χ4n) is 2.50. The van der Waals surface area contributed by atoms with Crippen LogP contribution in [0.3, 0.4) is 0 Å². The van der Waals surface area contributed by atoms with Crippen molar-refractivity contribution in [1.82, 2.24) is 10.6 Å². The van der Waals surface area contributed by atoms with Crippen molar-refractivity contribution in [3.05, 3.63) is 0 Å². The zero-order valence-electron chi connectivity index (χ0n) is 7.81. The molecule has 0 radical (unpaired) electrons. The maximum absolute atomic E-state index is 3.45. The summed E-state index contributed by atoms with van der Waals surface area (Å²) in [6.07, 6.45) is 5.73. The molecule has 2 heterocycles. The second-order valence-corrected chi connectivity index (χ2v) is 4.29. The second kappa shape index (κ2) is 4.24. The van der Waals surface area contributed by atoms with Gasteiger partial charge in [-0.1, -0.05) is 0 Å². The number of hydrogen-bond donors (Lipinski definition) is 2. The summed E-state index contributed by atoms with van der Waals surface area (Å²) in [5.41, 5.74) is 0. The molecule has 0 aliphatic carbocycles. The Balaban J connectivity index is 1.69. The lowest BCUT2D eigenvalue weighted by molar-refractivity contribution is 0.308. The highest BCUT2D eigenvalue weighted by atomic mass is 14.9. The van der Waals surface area contributed by atoms with Gasteiger partial charge in [-0.3, -0.25) is 0 Å². The van der Waals surface area contributed by atoms with Crippen molar-refractivity contribution in [2.24, 2.45) is 11.8 Å². The summed E-state index contributed by atoms with van der Waals surface area (Å²) in [6.45, 7) is 5.05. The third-order valence-electron chi connectivity index (χ3n) is 3.29. The maximum atomic E-state index is 3.45. The topological polar surface area (TPSA) is 24.1 Å².